The number of nitrogens with zero attached hydrogens (tertiary/aromatic N) is 2. The van der Waals surface area contributed by atoms with E-state index in [0.717, 1.165) is 16.8 Å². The Labute approximate surface area is 191 Å². The zero-order chi connectivity index (χ0) is 22.2. The Morgan fingerprint density at radius 3 is 2.47 bits per heavy atom. The van der Waals surface area contributed by atoms with Crippen LogP contribution in [-0.4, -0.2) is 18.5 Å². The summed E-state index contributed by atoms with van der Waals surface area (Å²) in [6.07, 6.45) is 3.67. The van der Waals surface area contributed by atoms with Crippen LogP contribution in [0.2, 0.25) is 15.1 Å². The number of rotatable bonds is 3. The highest BCUT2D eigenvalue weighted by Crippen LogP contribution is 2.40. The molecule has 0 saturated carbocycles. The molecule has 2 aromatic rings. The number of fused-ring (bicyclic) bond motifs is 1. The molecule has 0 radical (unpaired) electrons. The largest absolute Gasteiger partial charge is 0.365 e. The van der Waals surface area contributed by atoms with Crippen molar-refractivity contribution in [2.75, 3.05) is 17.3 Å². The van der Waals surface area contributed by atoms with Crippen molar-refractivity contribution in [3.63, 3.8) is 0 Å². The Hall–Kier alpha value is -2.45. The summed E-state index contributed by atoms with van der Waals surface area (Å²) in [4.78, 5) is 14.8. The van der Waals surface area contributed by atoms with Crippen LogP contribution in [0.15, 0.2) is 42.0 Å². The van der Waals surface area contributed by atoms with Gasteiger partial charge in [-0.1, -0.05) is 40.9 Å². The van der Waals surface area contributed by atoms with Gasteiger partial charge in [0.15, 0.2) is 0 Å². The summed E-state index contributed by atoms with van der Waals surface area (Å²) in [5.74, 6) is -0.560. The predicted molar refractivity (Wildman–Crippen MR) is 126 cm³/mol. The van der Waals surface area contributed by atoms with Crippen LogP contribution >= 0.6 is 34.8 Å². The fourth-order valence-electron chi connectivity index (χ4n) is 3.37. The van der Waals surface area contributed by atoms with Crippen molar-refractivity contribution >= 4 is 63.7 Å². The van der Waals surface area contributed by atoms with Gasteiger partial charge in [0.25, 0.3) is 5.91 Å². The van der Waals surface area contributed by atoms with Crippen molar-refractivity contribution < 1.29 is 4.79 Å². The van der Waals surface area contributed by atoms with E-state index >= 15 is 0 Å². The van der Waals surface area contributed by atoms with E-state index in [2.05, 4.69) is 30.1 Å². The Balaban J connectivity index is 1.96. The van der Waals surface area contributed by atoms with E-state index in [-0.39, 0.29) is 11.1 Å². The number of hydrogen-bond donors (Lipinski definition) is 1. The van der Waals surface area contributed by atoms with Gasteiger partial charge in [-0.05, 0) is 68.3 Å². The molecule has 1 amide bonds. The smallest absolute Gasteiger partial charge is 0.266 e. The molecule has 30 heavy (non-hydrogen) atoms. The summed E-state index contributed by atoms with van der Waals surface area (Å²) >= 11 is 18.4. The Kier molecular flexibility index (Phi) is 6.19. The molecule has 3 rings (SSSR count). The lowest BCUT2D eigenvalue weighted by atomic mass is 9.88. The molecule has 1 heterocycles. The number of anilines is 2. The standard InChI is InChI=1S/C23H20Cl3N3O/c1-13-11-23(2,3)29(4)21-10-19(25)14(8-17(13)21)7-15(12-27)22(30)28-16-5-6-18(24)20(26)9-16/h5-11H,1-4H3,(H,28,30)/b15-7+. The molecule has 0 aromatic heterocycles. The van der Waals surface area contributed by atoms with Gasteiger partial charge < -0.3 is 10.2 Å². The average Bonchev–Trinajstić information content (AvgIpc) is 2.67. The van der Waals surface area contributed by atoms with Crippen LogP contribution in [0, 0.1) is 11.3 Å². The lowest BCUT2D eigenvalue weighted by Crippen LogP contribution is -2.42. The highest BCUT2D eigenvalue weighted by Gasteiger charge is 2.29. The first-order valence-corrected chi connectivity index (χ1v) is 10.3. The van der Waals surface area contributed by atoms with Gasteiger partial charge in [0.05, 0.1) is 15.6 Å². The van der Waals surface area contributed by atoms with Crippen molar-refractivity contribution in [2.45, 2.75) is 26.3 Å². The SMILES string of the molecule is CC1=CC(C)(C)N(C)c2cc(Cl)c(/C=C(\C#N)C(=O)Nc3ccc(Cl)c(Cl)c3)cc21. The average molecular weight is 461 g/mol. The molecule has 0 fully saturated rings. The minimum atomic E-state index is -0.560. The molecule has 0 spiro atoms. The lowest BCUT2D eigenvalue weighted by molar-refractivity contribution is -0.112. The maximum atomic E-state index is 12.6. The van der Waals surface area contributed by atoms with Crippen molar-refractivity contribution in [1.82, 2.24) is 0 Å². The molecule has 1 aliphatic heterocycles. The van der Waals surface area contributed by atoms with E-state index in [4.69, 9.17) is 34.8 Å². The van der Waals surface area contributed by atoms with Gasteiger partial charge in [-0.2, -0.15) is 5.26 Å². The number of amides is 1. The van der Waals surface area contributed by atoms with Gasteiger partial charge in [-0.15, -0.1) is 0 Å². The summed E-state index contributed by atoms with van der Waals surface area (Å²) in [6, 6.07) is 10.4. The molecule has 7 heteroatoms. The first-order chi connectivity index (χ1) is 14.0. The third kappa shape index (κ3) is 4.34. The fourth-order valence-corrected chi connectivity index (χ4v) is 3.89. The molecule has 4 nitrogen and oxygen atoms in total. The number of nitrogens with one attached hydrogen (secondary N) is 1. The zero-order valence-corrected chi connectivity index (χ0v) is 19.2. The second-order valence-electron chi connectivity index (χ2n) is 7.68. The lowest BCUT2D eigenvalue weighted by Gasteiger charge is -2.40. The predicted octanol–water partition coefficient (Wildman–Crippen LogP) is 6.82. The molecule has 0 bridgehead atoms. The van der Waals surface area contributed by atoms with E-state index in [0.29, 0.717) is 26.3 Å². The van der Waals surface area contributed by atoms with E-state index in [1.165, 1.54) is 12.1 Å². The Bertz CT molecular complexity index is 1140. The van der Waals surface area contributed by atoms with Crippen LogP contribution in [0.1, 0.15) is 31.9 Å². The number of nitriles is 1. The van der Waals surface area contributed by atoms with Gasteiger partial charge in [-0.3, -0.25) is 4.79 Å². The second-order valence-corrected chi connectivity index (χ2v) is 8.91. The van der Waals surface area contributed by atoms with Crippen LogP contribution in [0.5, 0.6) is 0 Å². The van der Waals surface area contributed by atoms with Crippen molar-refractivity contribution in [1.29, 1.82) is 5.26 Å². The van der Waals surface area contributed by atoms with E-state index in [1.54, 1.807) is 12.1 Å². The molecule has 154 valence electrons. The molecule has 2 aromatic carbocycles. The molecule has 0 atom stereocenters. The monoisotopic (exact) mass is 459 g/mol. The number of hydrogen-bond acceptors (Lipinski definition) is 3. The quantitative estimate of drug-likeness (QED) is 0.403. The van der Waals surface area contributed by atoms with Gasteiger partial charge in [0.2, 0.25) is 0 Å². The zero-order valence-electron chi connectivity index (χ0n) is 17.0. The first-order valence-electron chi connectivity index (χ1n) is 9.19. The molecular weight excluding hydrogens is 441 g/mol. The van der Waals surface area contributed by atoms with Crippen molar-refractivity contribution in [2.24, 2.45) is 0 Å². The van der Waals surface area contributed by atoms with Gasteiger partial charge in [0.1, 0.15) is 11.6 Å². The third-order valence-electron chi connectivity index (χ3n) is 5.18. The fraction of sp³-hybridized carbons (Fsp3) is 0.217. The number of likely N-dealkylation sites (N-methyl/N-ethyl adjacent to an activating group) is 1. The Morgan fingerprint density at radius 1 is 1.13 bits per heavy atom. The van der Waals surface area contributed by atoms with Crippen molar-refractivity contribution in [3.05, 3.63) is 68.2 Å². The number of halogens is 3. The van der Waals surface area contributed by atoms with Crippen LogP contribution in [0.3, 0.4) is 0 Å². The number of carbonyl (C=O) groups is 1. The minimum Gasteiger partial charge on any atom is -0.365 e. The van der Waals surface area contributed by atoms with E-state index in [1.807, 2.05) is 32.2 Å². The highest BCUT2D eigenvalue weighted by atomic mass is 35.5. The number of carbonyl (C=O) groups excluding carboxylic acids is 1. The summed E-state index contributed by atoms with van der Waals surface area (Å²) in [5, 5.41) is 13.3. The molecular formula is C23H20Cl3N3O. The topological polar surface area (TPSA) is 56.1 Å². The van der Waals surface area contributed by atoms with Crippen LogP contribution < -0.4 is 10.2 Å². The van der Waals surface area contributed by atoms with E-state index in [9.17, 15) is 10.1 Å². The Morgan fingerprint density at radius 2 is 1.83 bits per heavy atom. The normalized spacial score (nSPS) is 15.2. The maximum absolute atomic E-state index is 12.6. The number of benzene rings is 2. The summed E-state index contributed by atoms with van der Waals surface area (Å²) in [5.41, 5.74) is 3.93. The summed E-state index contributed by atoms with van der Waals surface area (Å²) in [7, 11) is 2.01. The third-order valence-corrected chi connectivity index (χ3v) is 6.24. The van der Waals surface area contributed by atoms with Crippen LogP contribution in [0.4, 0.5) is 11.4 Å². The van der Waals surface area contributed by atoms with E-state index < -0.39 is 5.91 Å². The molecule has 0 saturated heterocycles. The van der Waals surface area contributed by atoms with Gasteiger partial charge >= 0.3 is 0 Å². The maximum Gasteiger partial charge on any atom is 0.266 e. The first kappa shape index (κ1) is 22.2. The molecule has 0 unspecified atom stereocenters. The van der Waals surface area contributed by atoms with Gasteiger partial charge in [0, 0.05) is 29.0 Å². The van der Waals surface area contributed by atoms with Crippen LogP contribution in [-0.2, 0) is 4.79 Å². The summed E-state index contributed by atoms with van der Waals surface area (Å²) < 4.78 is 0. The molecule has 0 aliphatic carbocycles. The minimum absolute atomic E-state index is 0.0750. The molecule has 1 aliphatic rings. The molecule has 1 N–H and O–H groups in total. The number of allylic oxidation sites excluding steroid dienone is 1. The van der Waals surface area contributed by atoms with Gasteiger partial charge in [-0.25, -0.2) is 0 Å². The van der Waals surface area contributed by atoms with Crippen molar-refractivity contribution in [3.8, 4) is 6.07 Å². The highest BCUT2D eigenvalue weighted by molar-refractivity contribution is 6.42. The summed E-state index contributed by atoms with van der Waals surface area (Å²) in [6.45, 7) is 6.29. The second kappa shape index (κ2) is 8.35. The van der Waals surface area contributed by atoms with Crippen LogP contribution in [0.25, 0.3) is 11.6 Å².